The van der Waals surface area contributed by atoms with E-state index in [0.717, 1.165) is 5.56 Å². The van der Waals surface area contributed by atoms with Gasteiger partial charge >= 0.3 is 0 Å². The summed E-state index contributed by atoms with van der Waals surface area (Å²) in [7, 11) is 3.38. The van der Waals surface area contributed by atoms with E-state index in [9.17, 15) is 4.79 Å². The van der Waals surface area contributed by atoms with Gasteiger partial charge in [0.25, 0.3) is 0 Å². The van der Waals surface area contributed by atoms with Crippen LogP contribution in [0.1, 0.15) is 5.56 Å². The van der Waals surface area contributed by atoms with Gasteiger partial charge in [-0.05, 0) is 11.6 Å². The number of carbonyl (C=O) groups is 1. The van der Waals surface area contributed by atoms with Crippen LogP contribution in [-0.4, -0.2) is 36.6 Å². The second-order valence-electron chi connectivity index (χ2n) is 3.21. The minimum atomic E-state index is -0.0643. The van der Waals surface area contributed by atoms with E-state index in [1.165, 1.54) is 0 Å². The molecule has 15 heavy (non-hydrogen) atoms. The largest absolute Gasteiger partial charge is 0.392 e. The maximum Gasteiger partial charge on any atom is 0.239 e. The predicted octanol–water partition coefficient (Wildman–Crippen LogP) is -0.244. The second kappa shape index (κ2) is 5.31. The predicted molar refractivity (Wildman–Crippen MR) is 57.5 cm³/mol. The van der Waals surface area contributed by atoms with Crippen molar-refractivity contribution in [3.8, 4) is 0 Å². The van der Waals surface area contributed by atoms with Crippen LogP contribution in [0, 0.1) is 0 Å². The third kappa shape index (κ3) is 3.21. The number of pyridine rings is 1. The highest BCUT2D eigenvalue weighted by Crippen LogP contribution is 2.08. The maximum absolute atomic E-state index is 11.1. The number of hydrogen-bond donors (Lipinski definition) is 2. The molecule has 0 unspecified atom stereocenters. The Balaban J connectivity index is 2.65. The van der Waals surface area contributed by atoms with Crippen LogP contribution >= 0.6 is 0 Å². The van der Waals surface area contributed by atoms with Gasteiger partial charge in [0, 0.05) is 20.3 Å². The number of aliphatic hydroxyl groups excluding tert-OH is 1. The van der Waals surface area contributed by atoms with Gasteiger partial charge in [-0.15, -0.1) is 0 Å². The SMILES string of the molecule is CNC(=O)CN(C)c1ccc(CO)cn1. The molecule has 0 saturated heterocycles. The Morgan fingerprint density at radius 3 is 2.80 bits per heavy atom. The number of nitrogens with zero attached hydrogens (tertiary/aromatic N) is 2. The summed E-state index contributed by atoms with van der Waals surface area (Å²) in [6, 6.07) is 3.55. The molecule has 5 heteroatoms. The summed E-state index contributed by atoms with van der Waals surface area (Å²) in [5.41, 5.74) is 0.757. The molecule has 0 saturated carbocycles. The molecule has 0 aliphatic heterocycles. The van der Waals surface area contributed by atoms with Crippen molar-refractivity contribution in [1.29, 1.82) is 0 Å². The number of aromatic nitrogens is 1. The fraction of sp³-hybridized carbons (Fsp3) is 0.400. The van der Waals surface area contributed by atoms with Crippen LogP contribution in [0.5, 0.6) is 0 Å². The third-order valence-electron chi connectivity index (χ3n) is 2.04. The van der Waals surface area contributed by atoms with Crippen molar-refractivity contribution in [2.24, 2.45) is 0 Å². The average molecular weight is 209 g/mol. The Hall–Kier alpha value is -1.62. The summed E-state index contributed by atoms with van der Waals surface area (Å²) in [5.74, 6) is 0.640. The standard InChI is InChI=1S/C10H15N3O2/c1-11-10(15)6-13(2)9-4-3-8(7-14)5-12-9/h3-5,14H,6-7H2,1-2H3,(H,11,15). The summed E-state index contributed by atoms with van der Waals surface area (Å²) < 4.78 is 0. The number of aliphatic hydroxyl groups is 1. The summed E-state index contributed by atoms with van der Waals surface area (Å²) in [5, 5.41) is 11.4. The highest BCUT2D eigenvalue weighted by Gasteiger charge is 2.06. The zero-order valence-electron chi connectivity index (χ0n) is 8.90. The van der Waals surface area contributed by atoms with E-state index in [0.29, 0.717) is 5.82 Å². The summed E-state index contributed by atoms with van der Waals surface area (Å²) in [6.45, 7) is 0.244. The molecule has 0 spiro atoms. The average Bonchev–Trinajstić information content (AvgIpc) is 2.29. The van der Waals surface area contributed by atoms with Crippen LogP contribution in [0.2, 0.25) is 0 Å². The lowest BCUT2D eigenvalue weighted by atomic mass is 10.3. The highest BCUT2D eigenvalue weighted by molar-refractivity contribution is 5.80. The van der Waals surface area contributed by atoms with Crippen molar-refractivity contribution < 1.29 is 9.90 Å². The number of hydrogen-bond acceptors (Lipinski definition) is 4. The van der Waals surface area contributed by atoms with Crippen LogP contribution in [0.3, 0.4) is 0 Å². The van der Waals surface area contributed by atoms with Crippen LogP contribution in [0.15, 0.2) is 18.3 Å². The molecule has 0 atom stereocenters. The minimum absolute atomic E-state index is 0.0214. The molecular formula is C10H15N3O2. The van der Waals surface area contributed by atoms with Crippen molar-refractivity contribution in [2.75, 3.05) is 25.5 Å². The van der Waals surface area contributed by atoms with Gasteiger partial charge in [-0.25, -0.2) is 4.98 Å². The van der Waals surface area contributed by atoms with E-state index in [-0.39, 0.29) is 19.1 Å². The van der Waals surface area contributed by atoms with E-state index >= 15 is 0 Å². The van der Waals surface area contributed by atoms with Crippen molar-refractivity contribution in [2.45, 2.75) is 6.61 Å². The van der Waals surface area contributed by atoms with Gasteiger partial charge in [-0.1, -0.05) is 6.07 Å². The van der Waals surface area contributed by atoms with E-state index < -0.39 is 0 Å². The fourth-order valence-corrected chi connectivity index (χ4v) is 1.11. The zero-order chi connectivity index (χ0) is 11.3. The molecule has 1 aromatic rings. The van der Waals surface area contributed by atoms with Gasteiger partial charge in [0.15, 0.2) is 0 Å². The van der Waals surface area contributed by atoms with Gasteiger partial charge in [0.05, 0.1) is 13.2 Å². The Labute approximate surface area is 88.7 Å². The number of rotatable bonds is 4. The van der Waals surface area contributed by atoms with E-state index in [2.05, 4.69) is 10.3 Å². The molecule has 1 aromatic heterocycles. The smallest absolute Gasteiger partial charge is 0.239 e. The van der Waals surface area contributed by atoms with E-state index in [1.807, 2.05) is 0 Å². The molecule has 0 fully saturated rings. The first kappa shape index (κ1) is 11.5. The summed E-state index contributed by atoms with van der Waals surface area (Å²) >= 11 is 0. The van der Waals surface area contributed by atoms with Crippen molar-refractivity contribution >= 4 is 11.7 Å². The molecule has 0 bridgehead atoms. The fourth-order valence-electron chi connectivity index (χ4n) is 1.11. The molecular weight excluding hydrogens is 194 g/mol. The number of nitrogens with one attached hydrogen (secondary N) is 1. The molecule has 1 rings (SSSR count). The van der Waals surface area contributed by atoms with E-state index in [4.69, 9.17) is 5.11 Å². The maximum atomic E-state index is 11.1. The second-order valence-corrected chi connectivity index (χ2v) is 3.21. The zero-order valence-corrected chi connectivity index (χ0v) is 8.90. The molecule has 5 nitrogen and oxygen atoms in total. The minimum Gasteiger partial charge on any atom is -0.392 e. The Kier molecular flexibility index (Phi) is 4.05. The van der Waals surface area contributed by atoms with Crippen molar-refractivity contribution in [3.05, 3.63) is 23.9 Å². The van der Waals surface area contributed by atoms with Gasteiger partial charge in [-0.2, -0.15) is 0 Å². The summed E-state index contributed by atoms with van der Waals surface area (Å²) in [4.78, 5) is 17.0. The lowest BCUT2D eigenvalue weighted by Crippen LogP contribution is -2.33. The highest BCUT2D eigenvalue weighted by atomic mass is 16.3. The Morgan fingerprint density at radius 1 is 1.60 bits per heavy atom. The molecule has 1 amide bonds. The first-order valence-corrected chi connectivity index (χ1v) is 4.65. The molecule has 0 radical (unpaired) electrons. The third-order valence-corrected chi connectivity index (χ3v) is 2.04. The number of likely N-dealkylation sites (N-methyl/N-ethyl adjacent to an activating group) is 2. The van der Waals surface area contributed by atoms with Crippen LogP contribution in [0.25, 0.3) is 0 Å². The number of anilines is 1. The summed E-state index contributed by atoms with van der Waals surface area (Å²) in [6.07, 6.45) is 1.59. The molecule has 82 valence electrons. The lowest BCUT2D eigenvalue weighted by molar-refractivity contribution is -0.119. The topological polar surface area (TPSA) is 65.5 Å². The monoisotopic (exact) mass is 209 g/mol. The van der Waals surface area contributed by atoms with Crippen LogP contribution < -0.4 is 10.2 Å². The lowest BCUT2D eigenvalue weighted by Gasteiger charge is -2.16. The molecule has 1 heterocycles. The van der Waals surface area contributed by atoms with Crippen molar-refractivity contribution in [3.63, 3.8) is 0 Å². The first-order chi connectivity index (χ1) is 7.17. The normalized spacial score (nSPS) is 9.80. The molecule has 0 aliphatic carbocycles. The Morgan fingerprint density at radius 2 is 2.33 bits per heavy atom. The first-order valence-electron chi connectivity index (χ1n) is 4.65. The van der Waals surface area contributed by atoms with Crippen LogP contribution in [0.4, 0.5) is 5.82 Å². The van der Waals surface area contributed by atoms with Gasteiger partial charge in [0.2, 0.25) is 5.91 Å². The molecule has 0 aliphatic rings. The quantitative estimate of drug-likeness (QED) is 0.718. The molecule has 2 N–H and O–H groups in total. The number of amides is 1. The molecule has 0 aromatic carbocycles. The number of carbonyl (C=O) groups excluding carboxylic acids is 1. The van der Waals surface area contributed by atoms with Crippen molar-refractivity contribution in [1.82, 2.24) is 10.3 Å². The van der Waals surface area contributed by atoms with Gasteiger partial charge in [-0.3, -0.25) is 4.79 Å². The van der Waals surface area contributed by atoms with Gasteiger partial charge < -0.3 is 15.3 Å². The Bertz CT molecular complexity index is 324. The van der Waals surface area contributed by atoms with Gasteiger partial charge in [0.1, 0.15) is 5.82 Å². The van der Waals surface area contributed by atoms with Crippen LogP contribution in [-0.2, 0) is 11.4 Å². The van der Waals surface area contributed by atoms with E-state index in [1.54, 1.807) is 37.3 Å².